The number of phenols is 2. The third-order valence-electron chi connectivity index (χ3n) is 8.90. The normalized spacial score (nSPS) is 17.7. The van der Waals surface area contributed by atoms with Crippen LogP contribution in [0.3, 0.4) is 0 Å². The molecule has 11 nitrogen and oxygen atoms in total. The number of aromatic hydroxyl groups is 2. The first kappa shape index (κ1) is 33.3. The molecule has 2 aliphatic rings. The van der Waals surface area contributed by atoms with E-state index in [1.54, 1.807) is 89.6 Å². The van der Waals surface area contributed by atoms with Crippen molar-refractivity contribution in [1.82, 2.24) is 0 Å². The zero-order chi connectivity index (χ0) is 35.0. The molecule has 0 saturated carbocycles. The smallest absolute Gasteiger partial charge is 0.491 e. The van der Waals surface area contributed by atoms with Crippen LogP contribution in [-0.4, -0.2) is 64.4 Å². The third kappa shape index (κ3) is 6.19. The predicted octanol–water partition coefficient (Wildman–Crippen LogP) is 3.72. The van der Waals surface area contributed by atoms with Crippen molar-refractivity contribution in [3.05, 3.63) is 135 Å². The molecular weight excluding hydrogens is 660 g/mol. The second-order valence-corrected chi connectivity index (χ2v) is 12.9. The van der Waals surface area contributed by atoms with Crippen molar-refractivity contribution in [2.24, 2.45) is 0 Å². The van der Waals surface area contributed by atoms with E-state index in [1.807, 2.05) is 0 Å². The number of rotatable bonds is 9. The van der Waals surface area contributed by atoms with Gasteiger partial charge in [0.2, 0.25) is 0 Å². The Kier molecular flexibility index (Phi) is 9.03. The van der Waals surface area contributed by atoms with Gasteiger partial charge in [-0.2, -0.15) is 11.3 Å². The minimum atomic E-state index is -1.67. The summed E-state index contributed by atoms with van der Waals surface area (Å²) in [6.07, 6.45) is -2.71. The lowest BCUT2D eigenvalue weighted by Crippen LogP contribution is -2.53. The highest BCUT2D eigenvalue weighted by Crippen LogP contribution is 2.52. The topological polar surface area (TPSA) is 172 Å². The SMILES string of the molecule is O=C(Nc1ccsc1)OC[C@]1(OB(O)c2ccccc2)Cc2c(O)c3c(c(O)c2[C@@H](OB(O)c2ccccc2)C1)C(=O)c1ccccc1C3=O. The number of phenolic OH excluding ortho intramolecular Hbond substituents is 2. The maximum absolute atomic E-state index is 13.8. The first-order chi connectivity index (χ1) is 24.2. The minimum Gasteiger partial charge on any atom is -0.507 e. The molecule has 5 N–H and O–H groups in total. The van der Waals surface area contributed by atoms with Crippen LogP contribution in [0.4, 0.5) is 10.5 Å². The summed E-state index contributed by atoms with van der Waals surface area (Å²) < 4.78 is 18.1. The van der Waals surface area contributed by atoms with Crippen molar-refractivity contribution < 1.29 is 48.7 Å². The fourth-order valence-corrected chi connectivity index (χ4v) is 7.14. The average molecular weight is 689 g/mol. The number of fused-ring (bicyclic) bond motifs is 3. The van der Waals surface area contributed by atoms with Crippen LogP contribution in [0.5, 0.6) is 11.5 Å². The molecule has 0 fully saturated rings. The Bertz CT molecular complexity index is 2080. The number of ketones is 2. The number of nitrogens with one attached hydrogen (secondary N) is 1. The molecule has 0 aliphatic heterocycles. The summed E-state index contributed by atoms with van der Waals surface area (Å²) in [6, 6.07) is 24.6. The van der Waals surface area contributed by atoms with Gasteiger partial charge < -0.3 is 34.3 Å². The Morgan fingerprint density at radius 2 is 1.40 bits per heavy atom. The second kappa shape index (κ2) is 13.6. The molecule has 2 atom stereocenters. The van der Waals surface area contributed by atoms with E-state index < -0.39 is 72.8 Å². The van der Waals surface area contributed by atoms with Crippen LogP contribution >= 0.6 is 11.3 Å². The van der Waals surface area contributed by atoms with Gasteiger partial charge in [-0.1, -0.05) is 84.9 Å². The van der Waals surface area contributed by atoms with E-state index in [-0.39, 0.29) is 35.1 Å². The molecule has 1 heterocycles. The first-order valence-corrected chi connectivity index (χ1v) is 16.6. The fraction of sp³-hybridized carbons (Fsp3) is 0.139. The van der Waals surface area contributed by atoms with Crippen LogP contribution in [-0.2, 0) is 20.5 Å². The zero-order valence-electron chi connectivity index (χ0n) is 26.3. The number of thiophene rings is 1. The van der Waals surface area contributed by atoms with Crippen molar-refractivity contribution in [3.8, 4) is 11.5 Å². The number of anilines is 1. The van der Waals surface area contributed by atoms with E-state index >= 15 is 0 Å². The van der Waals surface area contributed by atoms with Crippen LogP contribution in [0.15, 0.2) is 102 Å². The van der Waals surface area contributed by atoms with Crippen molar-refractivity contribution in [2.75, 3.05) is 11.9 Å². The molecule has 0 spiro atoms. The van der Waals surface area contributed by atoms with E-state index in [4.69, 9.17) is 14.0 Å². The number of carbonyl (C=O) groups is 3. The molecule has 1 amide bonds. The van der Waals surface area contributed by atoms with Gasteiger partial charge >= 0.3 is 20.3 Å². The van der Waals surface area contributed by atoms with Crippen molar-refractivity contribution >= 4 is 59.8 Å². The molecule has 0 bridgehead atoms. The molecule has 2 aliphatic carbocycles. The number of hydrogen-bond donors (Lipinski definition) is 5. The van der Waals surface area contributed by atoms with E-state index in [9.17, 15) is 34.6 Å². The molecule has 50 heavy (non-hydrogen) atoms. The summed E-state index contributed by atoms with van der Waals surface area (Å²) in [5, 5.41) is 52.4. The van der Waals surface area contributed by atoms with Crippen molar-refractivity contribution in [3.63, 3.8) is 0 Å². The second-order valence-electron chi connectivity index (χ2n) is 12.1. The molecular formula is C36H29B2NO10S. The Hall–Kier alpha value is -5.24. The number of ether oxygens (including phenoxy) is 1. The summed E-state index contributed by atoms with van der Waals surface area (Å²) >= 11 is 1.37. The standard InChI is InChI=1S/C36H29B2NO10S/c40-31-24-13-7-8-14-25(24)32(41)30-29(31)33(42)26-17-36(49-38(46)22-11-5-2-6-12-22,20-47-35(44)39-23-15-16-50-19-23)18-27(28(26)34(30)43)48-37(45)21-9-3-1-4-10-21/h1-16,19,27,42-43,45-46H,17-18,20H2,(H,39,44)/t27-,36-/m0/s1. The highest BCUT2D eigenvalue weighted by atomic mass is 32.1. The fourth-order valence-electron chi connectivity index (χ4n) is 6.55. The molecule has 0 radical (unpaired) electrons. The summed E-state index contributed by atoms with van der Waals surface area (Å²) in [6.45, 7) is -0.499. The van der Waals surface area contributed by atoms with Gasteiger partial charge in [-0.3, -0.25) is 14.9 Å². The summed E-state index contributed by atoms with van der Waals surface area (Å²) in [5.41, 5.74) is -1.20. The number of hydrogen-bond acceptors (Lipinski definition) is 11. The minimum absolute atomic E-state index is 0.0413. The van der Waals surface area contributed by atoms with Crippen LogP contribution in [0, 0.1) is 0 Å². The summed E-state index contributed by atoms with van der Waals surface area (Å²) in [7, 11) is -3.13. The van der Waals surface area contributed by atoms with Crippen molar-refractivity contribution in [1.29, 1.82) is 0 Å². The summed E-state index contributed by atoms with van der Waals surface area (Å²) in [4.78, 5) is 40.5. The van der Waals surface area contributed by atoms with Crippen LogP contribution < -0.4 is 16.2 Å². The van der Waals surface area contributed by atoms with Gasteiger partial charge in [0.25, 0.3) is 0 Å². The lowest BCUT2D eigenvalue weighted by molar-refractivity contribution is -0.0495. The van der Waals surface area contributed by atoms with E-state index in [2.05, 4.69) is 5.32 Å². The van der Waals surface area contributed by atoms with E-state index in [0.29, 0.717) is 16.6 Å². The maximum Gasteiger partial charge on any atom is 0.491 e. The van der Waals surface area contributed by atoms with E-state index in [0.717, 1.165) is 0 Å². The molecule has 0 saturated heterocycles. The average Bonchev–Trinajstić information content (AvgIpc) is 3.65. The molecule has 14 heteroatoms. The lowest BCUT2D eigenvalue weighted by Gasteiger charge is -2.43. The van der Waals surface area contributed by atoms with Gasteiger partial charge in [-0.15, -0.1) is 0 Å². The Balaban J connectivity index is 1.35. The zero-order valence-corrected chi connectivity index (χ0v) is 27.1. The van der Waals surface area contributed by atoms with Crippen LogP contribution in [0.25, 0.3) is 0 Å². The Morgan fingerprint density at radius 3 is 2.00 bits per heavy atom. The first-order valence-electron chi connectivity index (χ1n) is 15.7. The highest BCUT2D eigenvalue weighted by Gasteiger charge is 2.50. The molecule has 4 aromatic carbocycles. The Labute approximate surface area is 291 Å². The highest BCUT2D eigenvalue weighted by molar-refractivity contribution is 7.08. The Morgan fingerprint density at radius 1 is 0.820 bits per heavy atom. The van der Waals surface area contributed by atoms with Crippen LogP contribution in [0.1, 0.15) is 55.5 Å². The predicted molar refractivity (Wildman–Crippen MR) is 186 cm³/mol. The summed E-state index contributed by atoms with van der Waals surface area (Å²) in [5.74, 6) is -2.55. The largest absolute Gasteiger partial charge is 0.507 e. The van der Waals surface area contributed by atoms with Gasteiger partial charge in [0.1, 0.15) is 18.1 Å². The number of amides is 1. The quantitative estimate of drug-likeness (QED) is 0.111. The van der Waals surface area contributed by atoms with Gasteiger partial charge in [-0.05, 0) is 22.4 Å². The van der Waals surface area contributed by atoms with E-state index in [1.165, 1.54) is 23.5 Å². The van der Waals surface area contributed by atoms with Crippen LogP contribution in [0.2, 0.25) is 0 Å². The van der Waals surface area contributed by atoms with Crippen molar-refractivity contribution in [2.45, 2.75) is 24.5 Å². The number of carbonyl (C=O) groups excluding carboxylic acids is 3. The molecule has 7 rings (SSSR count). The molecule has 5 aromatic rings. The number of benzene rings is 4. The lowest BCUT2D eigenvalue weighted by atomic mass is 9.70. The van der Waals surface area contributed by atoms with Gasteiger partial charge in [0.15, 0.2) is 11.6 Å². The van der Waals surface area contributed by atoms with Gasteiger partial charge in [-0.25, -0.2) is 4.79 Å². The monoisotopic (exact) mass is 689 g/mol. The van der Waals surface area contributed by atoms with Gasteiger partial charge in [0, 0.05) is 40.5 Å². The van der Waals surface area contributed by atoms with Gasteiger partial charge in [0.05, 0.1) is 28.5 Å². The molecule has 1 aromatic heterocycles. The molecule has 250 valence electrons. The third-order valence-corrected chi connectivity index (χ3v) is 9.58. The maximum atomic E-state index is 13.8. The molecule has 0 unspecified atom stereocenters.